The van der Waals surface area contributed by atoms with Crippen molar-refractivity contribution in [2.24, 2.45) is 0 Å². The molecule has 20 heavy (non-hydrogen) atoms. The molecule has 0 atom stereocenters. The molecule has 2 heterocycles. The molecule has 3 rings (SSSR count). The summed E-state index contributed by atoms with van der Waals surface area (Å²) in [6, 6.07) is 10.2. The molecule has 102 valence electrons. The topological polar surface area (TPSA) is 53.6 Å². The van der Waals surface area contributed by atoms with Crippen LogP contribution in [0.2, 0.25) is 0 Å². The van der Waals surface area contributed by atoms with Gasteiger partial charge in [-0.2, -0.15) is 0 Å². The summed E-state index contributed by atoms with van der Waals surface area (Å²) in [5.41, 5.74) is 4.51. The first kappa shape index (κ1) is 12.7. The molecular formula is C16H18N4. The van der Waals surface area contributed by atoms with Crippen molar-refractivity contribution < 1.29 is 0 Å². The smallest absolute Gasteiger partial charge is 0.126 e. The minimum Gasteiger partial charge on any atom is -0.378 e. The van der Waals surface area contributed by atoms with Gasteiger partial charge in [0.1, 0.15) is 5.82 Å². The van der Waals surface area contributed by atoms with Gasteiger partial charge < -0.3 is 10.3 Å². The number of H-pyrrole nitrogens is 1. The quantitative estimate of drug-likeness (QED) is 0.757. The molecule has 3 aromatic rings. The normalized spacial score (nSPS) is 11.2. The molecule has 0 aliphatic rings. The zero-order valence-electron chi connectivity index (χ0n) is 11.7. The second-order valence-corrected chi connectivity index (χ2v) is 5.17. The largest absolute Gasteiger partial charge is 0.378 e. The Hall–Kier alpha value is -2.36. The van der Waals surface area contributed by atoms with Crippen LogP contribution in [-0.4, -0.2) is 15.0 Å². The average Bonchev–Trinajstić information content (AvgIpc) is 2.88. The van der Waals surface area contributed by atoms with Crippen LogP contribution in [0.4, 0.5) is 5.69 Å². The van der Waals surface area contributed by atoms with E-state index in [1.807, 2.05) is 12.1 Å². The zero-order valence-corrected chi connectivity index (χ0v) is 11.7. The first-order valence-corrected chi connectivity index (χ1v) is 6.85. The predicted molar refractivity (Wildman–Crippen MR) is 81.7 cm³/mol. The average molecular weight is 266 g/mol. The lowest BCUT2D eigenvalue weighted by Crippen LogP contribution is -2.00. The summed E-state index contributed by atoms with van der Waals surface area (Å²) in [5.74, 6) is 1.42. The molecule has 0 aliphatic heterocycles. The summed E-state index contributed by atoms with van der Waals surface area (Å²) < 4.78 is 0. The third-order valence-corrected chi connectivity index (χ3v) is 3.36. The van der Waals surface area contributed by atoms with Crippen LogP contribution in [0.25, 0.3) is 11.0 Å². The molecule has 2 N–H and O–H groups in total. The maximum atomic E-state index is 4.72. The molecule has 0 fully saturated rings. The molecule has 1 aromatic carbocycles. The van der Waals surface area contributed by atoms with Gasteiger partial charge in [-0.3, -0.25) is 4.98 Å². The van der Waals surface area contributed by atoms with Crippen molar-refractivity contribution in [3.05, 3.63) is 54.1 Å². The number of hydrogen-bond donors (Lipinski definition) is 2. The van der Waals surface area contributed by atoms with Crippen LogP contribution >= 0.6 is 0 Å². The van der Waals surface area contributed by atoms with E-state index in [9.17, 15) is 0 Å². The standard InChI is InChI=1S/C16H18N4/c1-11(2)13-4-3-5-14-16(13)20-15(19-14)10-18-12-6-8-17-9-7-12/h3-9,11H,10H2,1-2H3,(H,17,18)(H,19,20). The fourth-order valence-electron chi connectivity index (χ4n) is 2.31. The minimum absolute atomic E-state index is 0.475. The molecule has 0 radical (unpaired) electrons. The fraction of sp³-hybridized carbons (Fsp3) is 0.250. The van der Waals surface area contributed by atoms with Crippen LogP contribution in [-0.2, 0) is 6.54 Å². The Morgan fingerprint density at radius 2 is 1.95 bits per heavy atom. The summed E-state index contributed by atoms with van der Waals surface area (Å²) >= 11 is 0. The monoisotopic (exact) mass is 266 g/mol. The number of imidazole rings is 1. The van der Waals surface area contributed by atoms with Crippen molar-refractivity contribution in [1.82, 2.24) is 15.0 Å². The number of fused-ring (bicyclic) bond motifs is 1. The molecule has 0 saturated heterocycles. The number of pyridine rings is 1. The van der Waals surface area contributed by atoms with Crippen molar-refractivity contribution in [3.63, 3.8) is 0 Å². The number of nitrogens with zero attached hydrogens (tertiary/aromatic N) is 2. The number of aromatic nitrogens is 3. The highest BCUT2D eigenvalue weighted by molar-refractivity contribution is 5.79. The number of nitrogens with one attached hydrogen (secondary N) is 2. The fourth-order valence-corrected chi connectivity index (χ4v) is 2.31. The van der Waals surface area contributed by atoms with Gasteiger partial charge in [0.05, 0.1) is 17.6 Å². The third kappa shape index (κ3) is 2.50. The van der Waals surface area contributed by atoms with Crippen molar-refractivity contribution in [1.29, 1.82) is 0 Å². The lowest BCUT2D eigenvalue weighted by atomic mass is 10.0. The Balaban J connectivity index is 1.84. The number of anilines is 1. The number of para-hydroxylation sites is 1. The van der Waals surface area contributed by atoms with Crippen LogP contribution < -0.4 is 5.32 Å². The van der Waals surface area contributed by atoms with Gasteiger partial charge in [0.2, 0.25) is 0 Å². The van der Waals surface area contributed by atoms with Gasteiger partial charge in [-0.05, 0) is 29.7 Å². The van der Waals surface area contributed by atoms with E-state index < -0.39 is 0 Å². The summed E-state index contributed by atoms with van der Waals surface area (Å²) in [5, 5.41) is 3.34. The molecule has 0 spiro atoms. The lowest BCUT2D eigenvalue weighted by Gasteiger charge is -2.04. The van der Waals surface area contributed by atoms with Crippen molar-refractivity contribution in [3.8, 4) is 0 Å². The highest BCUT2D eigenvalue weighted by Gasteiger charge is 2.09. The van der Waals surface area contributed by atoms with Crippen LogP contribution in [0.15, 0.2) is 42.7 Å². The van der Waals surface area contributed by atoms with E-state index in [0.29, 0.717) is 12.5 Å². The molecule has 0 unspecified atom stereocenters. The van der Waals surface area contributed by atoms with Crippen molar-refractivity contribution in [2.75, 3.05) is 5.32 Å². The Bertz CT molecular complexity index is 701. The highest BCUT2D eigenvalue weighted by Crippen LogP contribution is 2.23. The molecule has 4 heteroatoms. The van der Waals surface area contributed by atoms with Gasteiger partial charge in [0.15, 0.2) is 0 Å². The lowest BCUT2D eigenvalue weighted by molar-refractivity contribution is 0.872. The van der Waals surface area contributed by atoms with Crippen LogP contribution in [0.1, 0.15) is 31.2 Å². The Labute approximate surface area is 118 Å². The van der Waals surface area contributed by atoms with Gasteiger partial charge in [-0.25, -0.2) is 4.98 Å². The molecule has 2 aromatic heterocycles. The highest BCUT2D eigenvalue weighted by atomic mass is 15.0. The maximum Gasteiger partial charge on any atom is 0.126 e. The summed E-state index contributed by atoms with van der Waals surface area (Å²) in [4.78, 5) is 12.1. The van der Waals surface area contributed by atoms with Crippen LogP contribution in [0, 0.1) is 0 Å². The molecule has 0 aliphatic carbocycles. The Kier molecular flexibility index (Phi) is 3.37. The second-order valence-electron chi connectivity index (χ2n) is 5.17. The van der Waals surface area contributed by atoms with Gasteiger partial charge in [0.25, 0.3) is 0 Å². The third-order valence-electron chi connectivity index (χ3n) is 3.36. The predicted octanol–water partition coefficient (Wildman–Crippen LogP) is 3.69. The second kappa shape index (κ2) is 5.33. The van der Waals surface area contributed by atoms with Crippen molar-refractivity contribution in [2.45, 2.75) is 26.3 Å². The Morgan fingerprint density at radius 1 is 1.15 bits per heavy atom. The zero-order chi connectivity index (χ0) is 13.9. The maximum absolute atomic E-state index is 4.72. The van der Waals surface area contributed by atoms with Gasteiger partial charge >= 0.3 is 0 Å². The van der Waals surface area contributed by atoms with E-state index in [4.69, 9.17) is 4.98 Å². The van der Waals surface area contributed by atoms with E-state index in [0.717, 1.165) is 22.5 Å². The Morgan fingerprint density at radius 3 is 2.70 bits per heavy atom. The first-order chi connectivity index (χ1) is 9.74. The van der Waals surface area contributed by atoms with E-state index in [-0.39, 0.29) is 0 Å². The SMILES string of the molecule is CC(C)c1cccc2[nH]c(CNc3ccncc3)nc12. The van der Waals surface area contributed by atoms with Crippen LogP contribution in [0.3, 0.4) is 0 Å². The van der Waals surface area contributed by atoms with Gasteiger partial charge in [0, 0.05) is 18.1 Å². The number of hydrogen-bond acceptors (Lipinski definition) is 3. The van der Waals surface area contributed by atoms with E-state index >= 15 is 0 Å². The van der Waals surface area contributed by atoms with E-state index in [1.54, 1.807) is 12.4 Å². The van der Waals surface area contributed by atoms with Gasteiger partial charge in [-0.15, -0.1) is 0 Å². The van der Waals surface area contributed by atoms with E-state index in [1.165, 1.54) is 5.56 Å². The molecule has 0 amide bonds. The van der Waals surface area contributed by atoms with E-state index in [2.05, 4.69) is 47.3 Å². The molecule has 4 nitrogen and oxygen atoms in total. The minimum atomic E-state index is 0.475. The molecule has 0 saturated carbocycles. The summed E-state index contributed by atoms with van der Waals surface area (Å²) in [6.45, 7) is 5.06. The summed E-state index contributed by atoms with van der Waals surface area (Å²) in [7, 11) is 0. The molecule has 0 bridgehead atoms. The number of benzene rings is 1. The molecular weight excluding hydrogens is 248 g/mol. The van der Waals surface area contributed by atoms with Crippen LogP contribution in [0.5, 0.6) is 0 Å². The number of rotatable bonds is 4. The first-order valence-electron chi connectivity index (χ1n) is 6.85. The van der Waals surface area contributed by atoms with Crippen molar-refractivity contribution >= 4 is 16.7 Å². The number of aromatic amines is 1. The summed E-state index contributed by atoms with van der Waals surface area (Å²) in [6.07, 6.45) is 3.55. The van der Waals surface area contributed by atoms with Gasteiger partial charge in [-0.1, -0.05) is 26.0 Å².